The fourth-order valence-corrected chi connectivity index (χ4v) is 1.35. The Kier molecular flexibility index (Phi) is 13.2. The van der Waals surface area contributed by atoms with Crippen molar-refractivity contribution in [3.8, 4) is 0 Å². The van der Waals surface area contributed by atoms with E-state index in [4.69, 9.17) is 9.47 Å². The summed E-state index contributed by atoms with van der Waals surface area (Å²) < 4.78 is 22.0. The molecular weight excluding hydrogens is 355 g/mol. The van der Waals surface area contributed by atoms with E-state index in [-0.39, 0.29) is 18.9 Å². The van der Waals surface area contributed by atoms with Crippen LogP contribution >= 0.6 is 0 Å². The van der Waals surface area contributed by atoms with E-state index in [1.807, 2.05) is 6.92 Å². The first kappa shape index (κ1) is 27.1. The van der Waals surface area contributed by atoms with Crippen LogP contribution in [0.3, 0.4) is 0 Å². The molecule has 0 rings (SSSR count). The molecule has 0 aliphatic heterocycles. The summed E-state index contributed by atoms with van der Waals surface area (Å²) in [6, 6.07) is 0. The Hall–Kier alpha value is -2.12. The van der Waals surface area contributed by atoms with Crippen LogP contribution in [0.2, 0.25) is 0 Å². The smallest absolute Gasteiger partial charge is 0.408 e. The maximum atomic E-state index is 12.1. The maximum absolute atomic E-state index is 12.1. The number of hydrogen-bond donors (Lipinski definition) is 2. The molecule has 0 aliphatic rings. The van der Waals surface area contributed by atoms with Gasteiger partial charge in [0.25, 0.3) is 0 Å². The lowest BCUT2D eigenvalue weighted by Gasteiger charge is -2.19. The predicted molar refractivity (Wildman–Crippen MR) is 103 cm³/mol. The molecule has 0 aromatic carbocycles. The quantitative estimate of drug-likeness (QED) is 0.706. The van der Waals surface area contributed by atoms with Gasteiger partial charge in [-0.3, -0.25) is 4.79 Å². The predicted octanol–water partition coefficient (Wildman–Crippen LogP) is 4.26. The molecule has 0 aromatic rings. The molecule has 27 heavy (non-hydrogen) atoms. The molecule has 2 N–H and O–H groups in total. The number of nitrogens with one attached hydrogen (secondary N) is 2. The summed E-state index contributed by atoms with van der Waals surface area (Å²) in [5, 5.41) is 4.85. The van der Waals surface area contributed by atoms with Gasteiger partial charge in [-0.05, 0) is 53.5 Å². The summed E-state index contributed by atoms with van der Waals surface area (Å²) in [6.45, 7) is 14.5. The molecule has 0 heterocycles. The molecule has 0 fully saturated rings. The number of carbonyl (C=O) groups excluding carboxylic acids is 3. The lowest BCUT2D eigenvalue weighted by molar-refractivity contribution is -0.118. The summed E-state index contributed by atoms with van der Waals surface area (Å²) in [5.41, 5.74) is -0.495. The summed E-state index contributed by atoms with van der Waals surface area (Å²) in [4.78, 5) is 32.9. The molecule has 0 atom stereocenters. The third-order valence-corrected chi connectivity index (χ3v) is 2.69. The largest absolute Gasteiger partial charge is 0.444 e. The van der Waals surface area contributed by atoms with Crippen LogP contribution in [-0.2, 0) is 14.3 Å². The highest BCUT2D eigenvalue weighted by molar-refractivity contribution is 5.83. The van der Waals surface area contributed by atoms with E-state index in [1.165, 1.54) is 0 Å². The fourth-order valence-electron chi connectivity index (χ4n) is 1.35. The van der Waals surface area contributed by atoms with E-state index in [1.54, 1.807) is 48.5 Å². The minimum atomic E-state index is -0.547. The van der Waals surface area contributed by atoms with Crippen LogP contribution in [-0.4, -0.2) is 42.3 Å². The van der Waals surface area contributed by atoms with E-state index in [0.29, 0.717) is 24.7 Å². The number of alkyl carbamates (subject to hydrolysis) is 2. The Morgan fingerprint density at radius 2 is 1.22 bits per heavy atom. The first-order chi connectivity index (χ1) is 12.2. The minimum absolute atomic E-state index is 0.00846. The van der Waals surface area contributed by atoms with Crippen LogP contribution in [0.4, 0.5) is 14.0 Å². The maximum Gasteiger partial charge on any atom is 0.408 e. The van der Waals surface area contributed by atoms with Crippen LogP contribution < -0.4 is 10.6 Å². The van der Waals surface area contributed by atoms with E-state index in [0.717, 1.165) is 0 Å². The van der Waals surface area contributed by atoms with Gasteiger partial charge in [0.05, 0.1) is 12.9 Å². The van der Waals surface area contributed by atoms with Crippen LogP contribution in [0.5, 0.6) is 0 Å². The molecule has 0 aromatic heterocycles. The van der Waals surface area contributed by atoms with Crippen LogP contribution in [0.1, 0.15) is 68.2 Å². The molecule has 0 saturated carbocycles. The van der Waals surface area contributed by atoms with Crippen molar-refractivity contribution in [2.75, 3.05) is 13.1 Å². The third-order valence-electron chi connectivity index (χ3n) is 2.69. The molecule has 2 amide bonds. The Morgan fingerprint density at radius 3 is 1.52 bits per heavy atom. The van der Waals surface area contributed by atoms with Crippen molar-refractivity contribution in [3.05, 3.63) is 11.9 Å². The van der Waals surface area contributed by atoms with Crippen molar-refractivity contribution in [3.63, 3.8) is 0 Å². The number of rotatable bonds is 6. The average Bonchev–Trinajstić information content (AvgIpc) is 2.51. The Labute approximate surface area is 162 Å². The van der Waals surface area contributed by atoms with Gasteiger partial charge in [0, 0.05) is 13.0 Å². The van der Waals surface area contributed by atoms with Gasteiger partial charge >= 0.3 is 12.2 Å². The highest BCUT2D eigenvalue weighted by Gasteiger charge is 2.16. The first-order valence-electron chi connectivity index (χ1n) is 8.97. The lowest BCUT2D eigenvalue weighted by atomic mass is 10.2. The number of hydrogen-bond acceptors (Lipinski definition) is 5. The first-order valence-corrected chi connectivity index (χ1v) is 8.97. The standard InChI is InChI=1S/C10H18FNO2.C9H17NO3/c1-5-8(6-11)7-12-9(13)14-10(2,3)4;1-5-7(11)6-10-8(12)13-9(2,3)4/h6H,5,7H2,1-4H3,(H,12,13);5-6H2,1-4H3,(H,10,12). The molecule has 0 unspecified atom stereocenters. The second-order valence-corrected chi connectivity index (χ2v) is 7.72. The van der Waals surface area contributed by atoms with Crippen LogP contribution in [0.25, 0.3) is 0 Å². The zero-order chi connectivity index (χ0) is 21.7. The van der Waals surface area contributed by atoms with Crippen molar-refractivity contribution < 1.29 is 28.2 Å². The van der Waals surface area contributed by atoms with Crippen molar-refractivity contribution >= 4 is 18.0 Å². The zero-order valence-electron chi connectivity index (χ0n) is 17.8. The summed E-state index contributed by atoms with van der Waals surface area (Å²) in [5.74, 6) is -0.00846. The molecule has 0 saturated heterocycles. The number of ether oxygens (including phenoxy) is 2. The van der Waals surface area contributed by atoms with Gasteiger partial charge < -0.3 is 20.1 Å². The van der Waals surface area contributed by atoms with Gasteiger partial charge in [-0.25, -0.2) is 14.0 Å². The van der Waals surface area contributed by atoms with E-state index in [2.05, 4.69) is 10.6 Å². The zero-order valence-corrected chi connectivity index (χ0v) is 17.8. The monoisotopic (exact) mass is 390 g/mol. The lowest BCUT2D eigenvalue weighted by Crippen LogP contribution is -2.35. The molecule has 158 valence electrons. The molecule has 0 aliphatic carbocycles. The van der Waals surface area contributed by atoms with E-state index >= 15 is 0 Å². The van der Waals surface area contributed by atoms with Crippen molar-refractivity contribution in [2.45, 2.75) is 79.4 Å². The highest BCUT2D eigenvalue weighted by atomic mass is 19.1. The average molecular weight is 390 g/mol. The Bertz CT molecular complexity index is 505. The molecule has 0 spiro atoms. The van der Waals surface area contributed by atoms with Gasteiger partial charge in [-0.1, -0.05) is 13.8 Å². The second-order valence-electron chi connectivity index (χ2n) is 7.72. The minimum Gasteiger partial charge on any atom is -0.444 e. The van der Waals surface area contributed by atoms with Crippen LogP contribution in [0.15, 0.2) is 11.9 Å². The van der Waals surface area contributed by atoms with Crippen molar-refractivity contribution in [2.24, 2.45) is 0 Å². The number of halogens is 1. The van der Waals surface area contributed by atoms with Gasteiger partial charge in [-0.2, -0.15) is 0 Å². The van der Waals surface area contributed by atoms with Gasteiger partial charge in [0.2, 0.25) is 0 Å². The molecule has 7 nitrogen and oxygen atoms in total. The molecule has 0 radical (unpaired) electrons. The summed E-state index contributed by atoms with van der Waals surface area (Å²) >= 11 is 0. The molecule has 8 heteroatoms. The van der Waals surface area contributed by atoms with Gasteiger partial charge in [-0.15, -0.1) is 0 Å². The number of Topliss-reactive ketones (excluding diaryl/α,β-unsaturated/α-hetero) is 1. The SMILES string of the molecule is CCC(=CF)CNC(=O)OC(C)(C)C.CCC(=O)CNC(=O)OC(C)(C)C. The fraction of sp³-hybridized carbons (Fsp3) is 0.737. The van der Waals surface area contributed by atoms with E-state index in [9.17, 15) is 18.8 Å². The van der Waals surface area contributed by atoms with Crippen molar-refractivity contribution in [1.29, 1.82) is 0 Å². The normalized spacial score (nSPS) is 11.7. The van der Waals surface area contributed by atoms with Gasteiger partial charge in [0.1, 0.15) is 11.2 Å². The van der Waals surface area contributed by atoms with Gasteiger partial charge in [0.15, 0.2) is 5.78 Å². The number of amides is 2. The molecule has 0 bridgehead atoms. The summed E-state index contributed by atoms with van der Waals surface area (Å²) in [7, 11) is 0. The highest BCUT2D eigenvalue weighted by Crippen LogP contribution is 2.07. The summed E-state index contributed by atoms with van der Waals surface area (Å²) in [6.07, 6.45) is 0.444. The Balaban J connectivity index is 0. The number of carbonyl (C=O) groups is 3. The molecular formula is C19H35FN2O5. The van der Waals surface area contributed by atoms with E-state index < -0.39 is 23.4 Å². The Morgan fingerprint density at radius 1 is 0.815 bits per heavy atom. The number of ketones is 1. The van der Waals surface area contributed by atoms with Crippen molar-refractivity contribution in [1.82, 2.24) is 10.6 Å². The van der Waals surface area contributed by atoms with Crippen LogP contribution in [0, 0.1) is 0 Å². The third kappa shape index (κ3) is 20.0. The second kappa shape index (κ2) is 13.1. The topological polar surface area (TPSA) is 93.7 Å².